The summed E-state index contributed by atoms with van der Waals surface area (Å²) in [5, 5.41) is 0. The second-order valence-electron chi connectivity index (χ2n) is 5.27. The monoisotopic (exact) mass is 317 g/mol. The highest BCUT2D eigenvalue weighted by molar-refractivity contribution is 6.29. The number of aryl methyl sites for hydroxylation is 2. The Morgan fingerprint density at radius 3 is 2.36 bits per heavy atom. The van der Waals surface area contributed by atoms with Crippen LogP contribution in [0, 0.1) is 13.8 Å². The Bertz CT molecular complexity index is 650. The number of anilines is 1. The molecular weight excluding hydrogens is 298 g/mol. The Morgan fingerprint density at radius 1 is 1.14 bits per heavy atom. The third kappa shape index (κ3) is 3.80. The van der Waals surface area contributed by atoms with E-state index in [1.807, 2.05) is 50.2 Å². The minimum Gasteiger partial charge on any atom is -0.496 e. The summed E-state index contributed by atoms with van der Waals surface area (Å²) >= 11 is 5.79. The van der Waals surface area contributed by atoms with Gasteiger partial charge >= 0.3 is 0 Å². The van der Waals surface area contributed by atoms with Crippen LogP contribution in [0.3, 0.4) is 0 Å². The highest BCUT2D eigenvalue weighted by Crippen LogP contribution is 2.25. The van der Waals surface area contributed by atoms with Crippen LogP contribution in [0.15, 0.2) is 42.5 Å². The lowest BCUT2D eigenvalue weighted by Gasteiger charge is -2.24. The van der Waals surface area contributed by atoms with E-state index in [-0.39, 0.29) is 11.8 Å². The lowest BCUT2D eigenvalue weighted by molar-refractivity contribution is -0.116. The van der Waals surface area contributed by atoms with Gasteiger partial charge in [0.05, 0.1) is 13.7 Å². The standard InChI is InChI=1S/C18H20ClNO2/c1-13-8-14(2)10-16(9-13)20(18(21)11-19)12-15-6-4-5-7-17(15)22-3/h4-10H,11-12H2,1-3H3. The lowest BCUT2D eigenvalue weighted by atomic mass is 10.1. The number of hydrogen-bond donors (Lipinski definition) is 0. The van der Waals surface area contributed by atoms with Crippen molar-refractivity contribution in [2.45, 2.75) is 20.4 Å². The first-order chi connectivity index (χ1) is 10.5. The van der Waals surface area contributed by atoms with E-state index in [0.29, 0.717) is 6.54 Å². The molecular formula is C18H20ClNO2. The van der Waals surface area contributed by atoms with Crippen molar-refractivity contribution < 1.29 is 9.53 Å². The molecule has 1 amide bonds. The molecule has 0 aliphatic heterocycles. The second kappa shape index (κ2) is 7.32. The number of rotatable bonds is 5. The van der Waals surface area contributed by atoms with Gasteiger partial charge in [-0.05, 0) is 43.2 Å². The number of amides is 1. The molecule has 2 rings (SSSR count). The third-order valence-electron chi connectivity index (χ3n) is 3.45. The molecule has 0 bridgehead atoms. The number of methoxy groups -OCH3 is 1. The van der Waals surface area contributed by atoms with Crippen LogP contribution in [0.4, 0.5) is 5.69 Å². The van der Waals surface area contributed by atoms with Gasteiger partial charge in [-0.3, -0.25) is 4.79 Å². The van der Waals surface area contributed by atoms with Crippen molar-refractivity contribution in [1.82, 2.24) is 0 Å². The largest absolute Gasteiger partial charge is 0.496 e. The Hall–Kier alpha value is -2.00. The number of benzene rings is 2. The number of nitrogens with zero attached hydrogens (tertiary/aromatic N) is 1. The summed E-state index contributed by atoms with van der Waals surface area (Å²) in [6.45, 7) is 4.46. The van der Waals surface area contributed by atoms with Gasteiger partial charge in [-0.25, -0.2) is 0 Å². The van der Waals surface area contributed by atoms with Gasteiger partial charge in [0.25, 0.3) is 0 Å². The number of alkyl halides is 1. The zero-order chi connectivity index (χ0) is 16.1. The molecule has 2 aromatic carbocycles. The van der Waals surface area contributed by atoms with E-state index in [1.165, 1.54) is 0 Å². The summed E-state index contributed by atoms with van der Waals surface area (Å²) in [6, 6.07) is 13.8. The molecule has 0 spiro atoms. The number of hydrogen-bond acceptors (Lipinski definition) is 2. The molecule has 4 heteroatoms. The molecule has 3 nitrogen and oxygen atoms in total. The van der Waals surface area contributed by atoms with Gasteiger partial charge in [0.15, 0.2) is 0 Å². The molecule has 2 aromatic rings. The SMILES string of the molecule is COc1ccccc1CN(C(=O)CCl)c1cc(C)cc(C)c1. The van der Waals surface area contributed by atoms with Crippen LogP contribution in [0.2, 0.25) is 0 Å². The van der Waals surface area contributed by atoms with Crippen LogP contribution in [-0.2, 0) is 11.3 Å². The van der Waals surface area contributed by atoms with E-state index in [1.54, 1.807) is 12.0 Å². The number of carbonyl (C=O) groups is 1. The lowest BCUT2D eigenvalue weighted by Crippen LogP contribution is -2.31. The predicted molar refractivity (Wildman–Crippen MR) is 90.8 cm³/mol. The first-order valence-electron chi connectivity index (χ1n) is 7.11. The highest BCUT2D eigenvalue weighted by atomic mass is 35.5. The molecule has 22 heavy (non-hydrogen) atoms. The number of carbonyl (C=O) groups excluding carboxylic acids is 1. The van der Waals surface area contributed by atoms with Crippen molar-refractivity contribution in [2.24, 2.45) is 0 Å². The van der Waals surface area contributed by atoms with Gasteiger partial charge in [-0.2, -0.15) is 0 Å². The Labute approximate surface area is 136 Å². The average molecular weight is 318 g/mol. The molecule has 116 valence electrons. The maximum atomic E-state index is 12.3. The van der Waals surface area contributed by atoms with Gasteiger partial charge < -0.3 is 9.64 Å². The molecule has 0 saturated carbocycles. The topological polar surface area (TPSA) is 29.5 Å². The molecule has 0 aliphatic rings. The molecule has 0 aromatic heterocycles. The fourth-order valence-corrected chi connectivity index (χ4v) is 2.65. The molecule has 0 unspecified atom stereocenters. The molecule has 0 atom stereocenters. The van der Waals surface area contributed by atoms with Crippen LogP contribution < -0.4 is 9.64 Å². The Morgan fingerprint density at radius 2 is 1.77 bits per heavy atom. The van der Waals surface area contributed by atoms with Crippen molar-refractivity contribution in [1.29, 1.82) is 0 Å². The summed E-state index contributed by atoms with van der Waals surface area (Å²) in [4.78, 5) is 14.0. The molecule has 0 radical (unpaired) electrons. The molecule has 0 N–H and O–H groups in total. The fourth-order valence-electron chi connectivity index (χ4n) is 2.51. The van der Waals surface area contributed by atoms with Crippen molar-refractivity contribution >= 4 is 23.2 Å². The quantitative estimate of drug-likeness (QED) is 0.778. The van der Waals surface area contributed by atoms with E-state index >= 15 is 0 Å². The fraction of sp³-hybridized carbons (Fsp3) is 0.278. The zero-order valence-corrected chi connectivity index (χ0v) is 13.9. The van der Waals surface area contributed by atoms with E-state index < -0.39 is 0 Å². The Balaban J connectivity index is 2.40. The van der Waals surface area contributed by atoms with Crippen LogP contribution in [0.25, 0.3) is 0 Å². The van der Waals surface area contributed by atoms with E-state index in [9.17, 15) is 4.79 Å². The maximum absolute atomic E-state index is 12.3. The third-order valence-corrected chi connectivity index (χ3v) is 3.68. The van der Waals surface area contributed by atoms with Gasteiger partial charge in [0, 0.05) is 11.3 Å². The van der Waals surface area contributed by atoms with Crippen LogP contribution in [0.1, 0.15) is 16.7 Å². The molecule has 0 fully saturated rings. The summed E-state index contributed by atoms with van der Waals surface area (Å²) in [7, 11) is 1.63. The molecule has 0 aliphatic carbocycles. The van der Waals surface area contributed by atoms with E-state index in [0.717, 1.165) is 28.1 Å². The maximum Gasteiger partial charge on any atom is 0.242 e. The van der Waals surface area contributed by atoms with Crippen molar-refractivity contribution in [3.05, 3.63) is 59.2 Å². The van der Waals surface area contributed by atoms with E-state index in [2.05, 4.69) is 6.07 Å². The highest BCUT2D eigenvalue weighted by Gasteiger charge is 2.17. The van der Waals surface area contributed by atoms with Gasteiger partial charge in [-0.15, -0.1) is 11.6 Å². The first kappa shape index (κ1) is 16.4. The predicted octanol–water partition coefficient (Wildman–Crippen LogP) is 4.08. The first-order valence-corrected chi connectivity index (χ1v) is 7.65. The Kier molecular flexibility index (Phi) is 5.45. The van der Waals surface area contributed by atoms with Crippen molar-refractivity contribution in [3.8, 4) is 5.75 Å². The molecule has 0 saturated heterocycles. The summed E-state index contributed by atoms with van der Waals surface area (Å²) < 4.78 is 5.37. The summed E-state index contributed by atoms with van der Waals surface area (Å²) in [6.07, 6.45) is 0. The minimum atomic E-state index is -0.127. The smallest absolute Gasteiger partial charge is 0.242 e. The van der Waals surface area contributed by atoms with Gasteiger partial charge in [0.1, 0.15) is 11.6 Å². The van der Waals surface area contributed by atoms with Crippen molar-refractivity contribution in [2.75, 3.05) is 17.9 Å². The van der Waals surface area contributed by atoms with Gasteiger partial charge in [-0.1, -0.05) is 24.3 Å². The van der Waals surface area contributed by atoms with Crippen molar-refractivity contribution in [3.63, 3.8) is 0 Å². The second-order valence-corrected chi connectivity index (χ2v) is 5.54. The summed E-state index contributed by atoms with van der Waals surface area (Å²) in [5.41, 5.74) is 4.03. The average Bonchev–Trinajstić information content (AvgIpc) is 2.51. The van der Waals surface area contributed by atoms with Crippen LogP contribution in [-0.4, -0.2) is 18.9 Å². The van der Waals surface area contributed by atoms with Crippen LogP contribution >= 0.6 is 11.6 Å². The number of halogens is 1. The minimum absolute atomic E-state index is 0.0534. The molecule has 0 heterocycles. The zero-order valence-electron chi connectivity index (χ0n) is 13.1. The van der Waals surface area contributed by atoms with E-state index in [4.69, 9.17) is 16.3 Å². The van der Waals surface area contributed by atoms with Gasteiger partial charge in [0.2, 0.25) is 5.91 Å². The van der Waals surface area contributed by atoms with Crippen LogP contribution in [0.5, 0.6) is 5.75 Å². The number of para-hydroxylation sites is 1. The normalized spacial score (nSPS) is 10.4. The summed E-state index contributed by atoms with van der Waals surface area (Å²) in [5.74, 6) is 0.583. The number of ether oxygens (including phenoxy) is 1.